The maximum Gasteiger partial charge on any atom is 0.209 e. The summed E-state index contributed by atoms with van der Waals surface area (Å²) in [7, 11) is 0. The number of fused-ring (bicyclic) bond motifs is 1. The van der Waals surface area contributed by atoms with E-state index in [2.05, 4.69) is 27.7 Å². The predicted octanol–water partition coefficient (Wildman–Crippen LogP) is 3.18. The monoisotopic (exact) mass is 234 g/mol. The largest absolute Gasteiger partial charge is 0.359 e. The Hall–Kier alpha value is -0.600. The van der Waals surface area contributed by atoms with Crippen molar-refractivity contribution < 1.29 is 9.84 Å². The van der Waals surface area contributed by atoms with Crippen LogP contribution in [0.3, 0.4) is 0 Å². The van der Waals surface area contributed by atoms with Crippen molar-refractivity contribution in [1.29, 1.82) is 0 Å². The van der Waals surface area contributed by atoms with Gasteiger partial charge >= 0.3 is 0 Å². The van der Waals surface area contributed by atoms with Crippen LogP contribution in [0.25, 0.3) is 0 Å². The molecule has 1 saturated heterocycles. The number of ether oxygens (including phenoxy) is 1. The Morgan fingerprint density at radius 1 is 1.41 bits per heavy atom. The molecule has 2 bridgehead atoms. The zero-order chi connectivity index (χ0) is 12.4. The molecular weight excluding hydrogens is 212 g/mol. The highest BCUT2D eigenvalue weighted by Gasteiger charge is 2.62. The molecule has 3 rings (SSSR count). The van der Waals surface area contributed by atoms with Gasteiger partial charge in [0.05, 0.1) is 5.60 Å². The second kappa shape index (κ2) is 3.24. The normalized spacial score (nSPS) is 48.1. The van der Waals surface area contributed by atoms with Gasteiger partial charge in [0, 0.05) is 12.3 Å². The molecule has 0 radical (unpaired) electrons. The van der Waals surface area contributed by atoms with Crippen molar-refractivity contribution in [2.24, 2.45) is 11.8 Å². The van der Waals surface area contributed by atoms with E-state index in [0.29, 0.717) is 11.8 Å². The lowest BCUT2D eigenvalue weighted by molar-refractivity contribution is -0.209. The Balaban J connectivity index is 2.18. The molecule has 0 aromatic heterocycles. The third-order valence-electron chi connectivity index (χ3n) is 5.12. The average molecular weight is 234 g/mol. The number of hydrogen-bond acceptors (Lipinski definition) is 2. The first-order valence-corrected chi connectivity index (χ1v) is 6.68. The highest BCUT2D eigenvalue weighted by molar-refractivity contribution is 5.40. The van der Waals surface area contributed by atoms with Gasteiger partial charge in [-0.15, -0.1) is 0 Å². The first-order chi connectivity index (χ1) is 7.89. The van der Waals surface area contributed by atoms with Gasteiger partial charge in [-0.25, -0.2) is 0 Å². The van der Waals surface area contributed by atoms with Gasteiger partial charge in [-0.1, -0.05) is 18.1 Å². The Labute approximate surface area is 103 Å². The van der Waals surface area contributed by atoms with Crippen LogP contribution >= 0.6 is 0 Å². The number of rotatable bonds is 0. The Morgan fingerprint density at radius 2 is 2.12 bits per heavy atom. The molecule has 2 nitrogen and oxygen atoms in total. The summed E-state index contributed by atoms with van der Waals surface area (Å²) >= 11 is 0. The molecule has 0 aromatic rings. The van der Waals surface area contributed by atoms with Crippen LogP contribution in [0.15, 0.2) is 22.8 Å². The minimum Gasteiger partial charge on any atom is -0.359 e. The minimum absolute atomic E-state index is 0.125. The lowest BCUT2D eigenvalue weighted by Crippen LogP contribution is -2.45. The lowest BCUT2D eigenvalue weighted by Gasteiger charge is -2.40. The smallest absolute Gasteiger partial charge is 0.209 e. The van der Waals surface area contributed by atoms with Gasteiger partial charge in [0.25, 0.3) is 0 Å². The van der Waals surface area contributed by atoms with Crippen molar-refractivity contribution in [3.05, 3.63) is 22.8 Å². The van der Waals surface area contributed by atoms with Crippen LogP contribution in [0.2, 0.25) is 0 Å². The Bertz CT molecular complexity index is 430. The van der Waals surface area contributed by atoms with E-state index < -0.39 is 5.79 Å². The van der Waals surface area contributed by atoms with Crippen molar-refractivity contribution in [3.8, 4) is 0 Å². The van der Waals surface area contributed by atoms with E-state index in [1.165, 1.54) is 24.0 Å². The standard InChI is InChI=1S/C15H22O2/c1-9(2)13-8-14-11(4)5-6-12(14)10(3)7-15(13,16)17-14/h7,11-12,16H,5-6,8H2,1-4H3/t11-,12+,14-,15+/m0/s1. The second-order valence-corrected chi connectivity index (χ2v) is 6.33. The average Bonchev–Trinajstić information content (AvgIpc) is 2.65. The summed E-state index contributed by atoms with van der Waals surface area (Å²) in [6.45, 7) is 8.57. The van der Waals surface area contributed by atoms with Gasteiger partial charge in [0.15, 0.2) is 0 Å². The molecule has 3 aliphatic rings. The maximum atomic E-state index is 10.7. The molecule has 2 heterocycles. The first kappa shape index (κ1) is 11.5. The van der Waals surface area contributed by atoms with Crippen molar-refractivity contribution in [2.45, 2.75) is 58.3 Å². The highest BCUT2D eigenvalue weighted by Crippen LogP contribution is 2.60. The zero-order valence-corrected chi connectivity index (χ0v) is 11.2. The molecular formula is C15H22O2. The number of allylic oxidation sites excluding steroid dienone is 1. The van der Waals surface area contributed by atoms with Crippen LogP contribution in [-0.4, -0.2) is 16.5 Å². The quantitative estimate of drug-likeness (QED) is 0.652. The maximum absolute atomic E-state index is 10.7. The summed E-state index contributed by atoms with van der Waals surface area (Å²) in [5.74, 6) is -0.0629. The first-order valence-electron chi connectivity index (χ1n) is 6.68. The summed E-state index contributed by atoms with van der Waals surface area (Å²) in [6.07, 6.45) is 5.27. The SMILES string of the molecule is CC1=C[C@@]2(O)O[C@]3(CC2=C(C)C)[C@@H]1CC[C@@H]3C. The topological polar surface area (TPSA) is 29.5 Å². The summed E-state index contributed by atoms with van der Waals surface area (Å²) in [4.78, 5) is 0. The van der Waals surface area contributed by atoms with Crippen LogP contribution in [0.4, 0.5) is 0 Å². The van der Waals surface area contributed by atoms with Crippen molar-refractivity contribution >= 4 is 0 Å². The Morgan fingerprint density at radius 3 is 2.76 bits per heavy atom. The number of hydrogen-bond donors (Lipinski definition) is 1. The van der Waals surface area contributed by atoms with E-state index in [0.717, 1.165) is 12.0 Å². The van der Waals surface area contributed by atoms with Gasteiger partial charge < -0.3 is 9.84 Å². The van der Waals surface area contributed by atoms with E-state index in [1.54, 1.807) is 0 Å². The van der Waals surface area contributed by atoms with Gasteiger partial charge in [-0.2, -0.15) is 0 Å². The minimum atomic E-state index is -1.11. The molecule has 17 heavy (non-hydrogen) atoms. The fraction of sp³-hybridized carbons (Fsp3) is 0.733. The van der Waals surface area contributed by atoms with Crippen LogP contribution < -0.4 is 0 Å². The molecule has 4 atom stereocenters. The fourth-order valence-electron chi connectivity index (χ4n) is 4.18. The molecule has 0 amide bonds. The van der Waals surface area contributed by atoms with E-state index in [-0.39, 0.29) is 5.60 Å². The molecule has 2 fully saturated rings. The molecule has 1 N–H and O–H groups in total. The van der Waals surface area contributed by atoms with E-state index in [9.17, 15) is 5.11 Å². The molecule has 1 saturated carbocycles. The molecule has 1 aliphatic carbocycles. The second-order valence-electron chi connectivity index (χ2n) is 6.33. The van der Waals surface area contributed by atoms with Gasteiger partial charge in [-0.3, -0.25) is 0 Å². The van der Waals surface area contributed by atoms with Gasteiger partial charge in [-0.05, 0) is 51.2 Å². The predicted molar refractivity (Wildman–Crippen MR) is 67.4 cm³/mol. The molecule has 0 aromatic carbocycles. The summed E-state index contributed by atoms with van der Waals surface area (Å²) in [5, 5.41) is 10.7. The molecule has 0 unspecified atom stereocenters. The zero-order valence-electron chi connectivity index (χ0n) is 11.2. The van der Waals surface area contributed by atoms with Crippen LogP contribution in [-0.2, 0) is 4.74 Å². The summed E-state index contributed by atoms with van der Waals surface area (Å²) in [5.41, 5.74) is 3.49. The van der Waals surface area contributed by atoms with E-state index >= 15 is 0 Å². The molecule has 2 aliphatic heterocycles. The van der Waals surface area contributed by atoms with Crippen LogP contribution in [0, 0.1) is 11.8 Å². The van der Waals surface area contributed by atoms with Crippen molar-refractivity contribution in [2.75, 3.05) is 0 Å². The van der Waals surface area contributed by atoms with Crippen molar-refractivity contribution in [3.63, 3.8) is 0 Å². The van der Waals surface area contributed by atoms with E-state index in [1.807, 2.05) is 6.08 Å². The van der Waals surface area contributed by atoms with Gasteiger partial charge in [0.1, 0.15) is 0 Å². The molecule has 94 valence electrons. The lowest BCUT2D eigenvalue weighted by atomic mass is 9.79. The van der Waals surface area contributed by atoms with Crippen molar-refractivity contribution in [1.82, 2.24) is 0 Å². The number of aliphatic hydroxyl groups is 1. The third kappa shape index (κ3) is 1.28. The highest BCUT2D eigenvalue weighted by atomic mass is 16.6. The Kier molecular flexibility index (Phi) is 2.19. The fourth-order valence-corrected chi connectivity index (χ4v) is 4.18. The summed E-state index contributed by atoms with van der Waals surface area (Å²) in [6, 6.07) is 0. The van der Waals surface area contributed by atoms with Gasteiger partial charge in [0.2, 0.25) is 5.79 Å². The third-order valence-corrected chi connectivity index (χ3v) is 5.12. The van der Waals surface area contributed by atoms with Crippen LogP contribution in [0.5, 0.6) is 0 Å². The molecule has 2 heteroatoms. The van der Waals surface area contributed by atoms with E-state index in [4.69, 9.17) is 4.74 Å². The summed E-state index contributed by atoms with van der Waals surface area (Å²) < 4.78 is 6.17. The van der Waals surface area contributed by atoms with Crippen LogP contribution in [0.1, 0.15) is 47.0 Å². The molecule has 1 spiro atoms.